The molecule has 0 aliphatic carbocycles. The molecule has 0 radical (unpaired) electrons. The number of carbonyl (C=O) groups excluding carboxylic acids is 1. The zero-order chi connectivity index (χ0) is 19.1. The van der Waals surface area contributed by atoms with Crippen molar-refractivity contribution in [2.24, 2.45) is 0 Å². The van der Waals surface area contributed by atoms with E-state index >= 15 is 0 Å². The molecule has 1 saturated heterocycles. The number of nitrogens with zero attached hydrogens (tertiary/aromatic N) is 1. The standard InChI is InChI=1S/C21H25NO5.ClH/c1-3-25-21(23)22-12-13-26-17(15-22)14-16-8-4-5-9-18(16)27-20-11-7-6-10-19(20)24-2;/h4-11,17H,3,12-15H2,1-2H3;1H. The Hall–Kier alpha value is -2.44. The van der Waals surface area contributed by atoms with Gasteiger partial charge in [-0.2, -0.15) is 0 Å². The predicted molar refractivity (Wildman–Crippen MR) is 109 cm³/mol. The van der Waals surface area contributed by atoms with Crippen LogP contribution in [0.4, 0.5) is 4.79 Å². The Morgan fingerprint density at radius 1 is 1.11 bits per heavy atom. The molecule has 28 heavy (non-hydrogen) atoms. The first-order chi connectivity index (χ1) is 13.2. The minimum atomic E-state index is -0.288. The van der Waals surface area contributed by atoms with Gasteiger partial charge >= 0.3 is 6.09 Å². The van der Waals surface area contributed by atoms with E-state index in [4.69, 9.17) is 18.9 Å². The van der Waals surface area contributed by atoms with Gasteiger partial charge in [-0.05, 0) is 30.7 Å². The van der Waals surface area contributed by atoms with Gasteiger partial charge in [0.05, 0.1) is 33.0 Å². The largest absolute Gasteiger partial charge is 0.493 e. The van der Waals surface area contributed by atoms with Crippen molar-refractivity contribution in [3.05, 3.63) is 54.1 Å². The Kier molecular flexibility index (Phi) is 8.42. The number of carbonyl (C=O) groups is 1. The van der Waals surface area contributed by atoms with Gasteiger partial charge < -0.3 is 23.8 Å². The van der Waals surface area contributed by atoms with Gasteiger partial charge in [-0.15, -0.1) is 12.4 Å². The summed E-state index contributed by atoms with van der Waals surface area (Å²) in [5, 5.41) is 0. The van der Waals surface area contributed by atoms with Crippen molar-refractivity contribution in [2.75, 3.05) is 33.4 Å². The lowest BCUT2D eigenvalue weighted by atomic mass is 10.1. The fourth-order valence-electron chi connectivity index (χ4n) is 3.06. The molecule has 1 fully saturated rings. The fraction of sp³-hybridized carbons (Fsp3) is 0.381. The lowest BCUT2D eigenvalue weighted by Crippen LogP contribution is -2.46. The van der Waals surface area contributed by atoms with Crippen molar-refractivity contribution in [1.29, 1.82) is 0 Å². The minimum Gasteiger partial charge on any atom is -0.493 e. The quantitative estimate of drug-likeness (QED) is 0.714. The van der Waals surface area contributed by atoms with Gasteiger partial charge in [-0.3, -0.25) is 0 Å². The maximum atomic E-state index is 12.0. The molecule has 7 heteroatoms. The minimum absolute atomic E-state index is 0. The Labute approximate surface area is 171 Å². The highest BCUT2D eigenvalue weighted by molar-refractivity contribution is 5.85. The van der Waals surface area contributed by atoms with Crippen LogP contribution < -0.4 is 9.47 Å². The van der Waals surface area contributed by atoms with Crippen LogP contribution >= 0.6 is 12.4 Å². The van der Waals surface area contributed by atoms with E-state index in [-0.39, 0.29) is 24.6 Å². The Morgan fingerprint density at radius 2 is 1.79 bits per heavy atom. The molecule has 152 valence electrons. The van der Waals surface area contributed by atoms with Crippen molar-refractivity contribution in [2.45, 2.75) is 19.4 Å². The summed E-state index contributed by atoms with van der Waals surface area (Å²) in [5.41, 5.74) is 1.01. The second kappa shape index (κ2) is 10.8. The molecule has 1 aliphatic heterocycles. The van der Waals surface area contributed by atoms with Gasteiger partial charge in [0.2, 0.25) is 0 Å². The third-order valence-electron chi connectivity index (χ3n) is 4.37. The second-order valence-corrected chi connectivity index (χ2v) is 6.20. The van der Waals surface area contributed by atoms with Gasteiger partial charge in [-0.25, -0.2) is 4.79 Å². The lowest BCUT2D eigenvalue weighted by molar-refractivity contribution is -0.0260. The molecule has 6 nitrogen and oxygen atoms in total. The summed E-state index contributed by atoms with van der Waals surface area (Å²) >= 11 is 0. The van der Waals surface area contributed by atoms with Crippen LogP contribution in [0.1, 0.15) is 12.5 Å². The van der Waals surface area contributed by atoms with Crippen LogP contribution in [0.25, 0.3) is 0 Å². The first-order valence-corrected chi connectivity index (χ1v) is 9.13. The van der Waals surface area contributed by atoms with Crippen LogP contribution in [0.3, 0.4) is 0 Å². The summed E-state index contributed by atoms with van der Waals surface area (Å²) in [6.07, 6.45) is 0.247. The summed E-state index contributed by atoms with van der Waals surface area (Å²) in [7, 11) is 1.62. The molecule has 1 unspecified atom stereocenters. The number of rotatable bonds is 6. The Morgan fingerprint density at radius 3 is 2.50 bits per heavy atom. The summed E-state index contributed by atoms with van der Waals surface area (Å²) in [5.74, 6) is 2.08. The van der Waals surface area contributed by atoms with E-state index in [2.05, 4.69) is 0 Å². The van der Waals surface area contributed by atoms with E-state index in [0.717, 1.165) is 11.3 Å². The highest BCUT2D eigenvalue weighted by Crippen LogP contribution is 2.33. The Balaban J connectivity index is 0.00000280. The molecular weight excluding hydrogens is 382 g/mol. The van der Waals surface area contributed by atoms with E-state index in [1.54, 1.807) is 18.9 Å². The first-order valence-electron chi connectivity index (χ1n) is 9.13. The topological polar surface area (TPSA) is 57.2 Å². The average Bonchev–Trinajstić information content (AvgIpc) is 2.70. The average molecular weight is 408 g/mol. The smallest absolute Gasteiger partial charge is 0.409 e. The number of benzene rings is 2. The number of hydrogen-bond acceptors (Lipinski definition) is 5. The molecule has 0 bridgehead atoms. The molecular formula is C21H26ClNO5. The maximum absolute atomic E-state index is 12.0. The molecule has 1 amide bonds. The third-order valence-corrected chi connectivity index (χ3v) is 4.37. The van der Waals surface area contributed by atoms with Gasteiger partial charge in [0.1, 0.15) is 5.75 Å². The van der Waals surface area contributed by atoms with E-state index in [1.165, 1.54) is 0 Å². The number of halogens is 1. The normalized spacial score (nSPS) is 16.1. The van der Waals surface area contributed by atoms with Gasteiger partial charge in [0.25, 0.3) is 0 Å². The van der Waals surface area contributed by atoms with Crippen molar-refractivity contribution in [1.82, 2.24) is 4.90 Å². The molecule has 0 aromatic heterocycles. The molecule has 0 N–H and O–H groups in total. The molecule has 1 heterocycles. The SMILES string of the molecule is CCOC(=O)N1CCOC(Cc2ccccc2Oc2ccccc2OC)C1.Cl. The van der Waals surface area contributed by atoms with Gasteiger partial charge in [-0.1, -0.05) is 30.3 Å². The van der Waals surface area contributed by atoms with Crippen molar-refractivity contribution in [3.8, 4) is 17.2 Å². The Bertz CT molecular complexity index is 770. The van der Waals surface area contributed by atoms with Crippen LogP contribution in [-0.2, 0) is 15.9 Å². The van der Waals surface area contributed by atoms with Crippen molar-refractivity contribution in [3.63, 3.8) is 0 Å². The van der Waals surface area contributed by atoms with Gasteiger partial charge in [0.15, 0.2) is 11.5 Å². The molecule has 2 aromatic rings. The summed E-state index contributed by atoms with van der Waals surface area (Å²) in [6.45, 7) is 3.73. The molecule has 3 rings (SSSR count). The van der Waals surface area contributed by atoms with E-state index < -0.39 is 0 Å². The number of morpholine rings is 1. The van der Waals surface area contributed by atoms with Crippen molar-refractivity contribution < 1.29 is 23.7 Å². The monoisotopic (exact) mass is 407 g/mol. The zero-order valence-electron chi connectivity index (χ0n) is 16.1. The number of amides is 1. The second-order valence-electron chi connectivity index (χ2n) is 6.20. The molecule has 0 saturated carbocycles. The van der Waals surface area contributed by atoms with Gasteiger partial charge in [0, 0.05) is 13.0 Å². The maximum Gasteiger partial charge on any atom is 0.409 e. The molecule has 1 aliphatic rings. The summed E-state index contributed by atoms with van der Waals surface area (Å²) < 4.78 is 22.4. The molecule has 2 aromatic carbocycles. The lowest BCUT2D eigenvalue weighted by Gasteiger charge is -2.32. The number of hydrogen-bond donors (Lipinski definition) is 0. The number of para-hydroxylation sites is 3. The van der Waals surface area contributed by atoms with Crippen LogP contribution in [0.2, 0.25) is 0 Å². The van der Waals surface area contributed by atoms with Crippen LogP contribution in [0.15, 0.2) is 48.5 Å². The van der Waals surface area contributed by atoms with E-state index in [9.17, 15) is 4.79 Å². The summed E-state index contributed by atoms with van der Waals surface area (Å²) in [4.78, 5) is 13.7. The van der Waals surface area contributed by atoms with E-state index in [1.807, 2.05) is 48.5 Å². The van der Waals surface area contributed by atoms with Crippen LogP contribution in [0.5, 0.6) is 17.2 Å². The highest BCUT2D eigenvalue weighted by atomic mass is 35.5. The fourth-order valence-corrected chi connectivity index (χ4v) is 3.06. The van der Waals surface area contributed by atoms with Crippen molar-refractivity contribution >= 4 is 18.5 Å². The predicted octanol–water partition coefficient (Wildman–Crippen LogP) is 4.31. The molecule has 1 atom stereocenters. The highest BCUT2D eigenvalue weighted by Gasteiger charge is 2.26. The van der Waals surface area contributed by atoms with Crippen LogP contribution in [0, 0.1) is 0 Å². The third kappa shape index (κ3) is 5.53. The molecule has 0 spiro atoms. The summed E-state index contributed by atoms with van der Waals surface area (Å²) in [6, 6.07) is 15.4. The first kappa shape index (κ1) is 21.9. The number of ether oxygens (including phenoxy) is 4. The zero-order valence-corrected chi connectivity index (χ0v) is 16.9. The van der Waals surface area contributed by atoms with Crippen LogP contribution in [-0.4, -0.2) is 50.5 Å². The van der Waals surface area contributed by atoms with E-state index in [0.29, 0.717) is 44.2 Å². The number of methoxy groups -OCH3 is 1.